The molecule has 2 aromatic carbocycles. The molecule has 1 aliphatic rings. The molecule has 0 unspecified atom stereocenters. The van der Waals surface area contributed by atoms with E-state index in [0.29, 0.717) is 5.56 Å². The van der Waals surface area contributed by atoms with Gasteiger partial charge in [-0.1, -0.05) is 6.07 Å². The maximum atomic E-state index is 14.1. The van der Waals surface area contributed by atoms with Crippen molar-refractivity contribution >= 4 is 5.69 Å². The summed E-state index contributed by atoms with van der Waals surface area (Å²) >= 11 is 0. The van der Waals surface area contributed by atoms with E-state index in [1.807, 2.05) is 12.1 Å². The first-order valence-corrected chi connectivity index (χ1v) is 6.59. The molecule has 2 aromatic rings. The zero-order chi connectivity index (χ0) is 14.1. The lowest BCUT2D eigenvalue weighted by atomic mass is 9.96. The van der Waals surface area contributed by atoms with Crippen LogP contribution in [0.25, 0.3) is 11.1 Å². The van der Waals surface area contributed by atoms with Gasteiger partial charge in [-0.3, -0.25) is 0 Å². The van der Waals surface area contributed by atoms with Crippen molar-refractivity contribution in [2.24, 2.45) is 0 Å². The molecule has 0 amide bonds. The van der Waals surface area contributed by atoms with Crippen LogP contribution in [0, 0.1) is 11.6 Å². The van der Waals surface area contributed by atoms with Gasteiger partial charge in [-0.2, -0.15) is 0 Å². The number of nitrogens with one attached hydrogen (secondary N) is 1. The Morgan fingerprint density at radius 1 is 1.10 bits per heavy atom. The van der Waals surface area contributed by atoms with Crippen molar-refractivity contribution < 1.29 is 13.5 Å². The summed E-state index contributed by atoms with van der Waals surface area (Å²) in [5.74, 6) is -1.03. The van der Waals surface area contributed by atoms with Crippen LogP contribution < -0.4 is 10.1 Å². The monoisotopic (exact) mass is 275 g/mol. The molecule has 3 rings (SSSR count). The molecule has 104 valence electrons. The van der Waals surface area contributed by atoms with E-state index in [0.717, 1.165) is 30.6 Å². The second-order valence-electron chi connectivity index (χ2n) is 4.87. The second-order valence-corrected chi connectivity index (χ2v) is 4.87. The molecule has 0 saturated carbocycles. The number of hydrogen-bond donors (Lipinski definition) is 1. The highest BCUT2D eigenvalue weighted by atomic mass is 19.1. The SMILES string of the molecule is COc1cc(F)c(-c2ccc3c(c2)CCCN3)c(F)c1. The van der Waals surface area contributed by atoms with E-state index in [2.05, 4.69) is 5.32 Å². The predicted molar refractivity (Wildman–Crippen MR) is 75.2 cm³/mol. The van der Waals surface area contributed by atoms with Crippen LogP contribution in [0.3, 0.4) is 0 Å². The average molecular weight is 275 g/mol. The van der Waals surface area contributed by atoms with Gasteiger partial charge >= 0.3 is 0 Å². The minimum Gasteiger partial charge on any atom is -0.497 e. The van der Waals surface area contributed by atoms with E-state index >= 15 is 0 Å². The van der Waals surface area contributed by atoms with Crippen LogP contribution in [-0.2, 0) is 6.42 Å². The number of rotatable bonds is 2. The van der Waals surface area contributed by atoms with Gasteiger partial charge in [0.15, 0.2) is 0 Å². The first kappa shape index (κ1) is 12.9. The molecule has 0 spiro atoms. The molecule has 0 atom stereocenters. The number of benzene rings is 2. The van der Waals surface area contributed by atoms with Crippen molar-refractivity contribution in [1.29, 1.82) is 0 Å². The number of ether oxygens (including phenoxy) is 1. The third kappa shape index (κ3) is 2.22. The lowest BCUT2D eigenvalue weighted by molar-refractivity contribution is 0.407. The van der Waals surface area contributed by atoms with Gasteiger partial charge in [-0.05, 0) is 36.1 Å². The van der Waals surface area contributed by atoms with Crippen molar-refractivity contribution in [3.63, 3.8) is 0 Å². The molecular formula is C16H15F2NO. The Morgan fingerprint density at radius 2 is 1.85 bits per heavy atom. The normalized spacial score (nSPS) is 13.6. The molecule has 0 bridgehead atoms. The van der Waals surface area contributed by atoms with Crippen molar-refractivity contribution in [3.05, 3.63) is 47.5 Å². The quantitative estimate of drug-likeness (QED) is 0.894. The van der Waals surface area contributed by atoms with Crippen LogP contribution >= 0.6 is 0 Å². The molecule has 2 nitrogen and oxygen atoms in total. The standard InChI is InChI=1S/C16H15F2NO/c1-20-12-8-13(17)16(14(18)9-12)11-4-5-15-10(7-11)3-2-6-19-15/h4-5,7-9,19H,2-3,6H2,1H3. The summed E-state index contributed by atoms with van der Waals surface area (Å²) in [4.78, 5) is 0. The molecule has 4 heteroatoms. The van der Waals surface area contributed by atoms with E-state index in [1.54, 1.807) is 6.07 Å². The minimum absolute atomic E-state index is 0.000765. The van der Waals surface area contributed by atoms with Gasteiger partial charge in [0.2, 0.25) is 0 Å². The number of anilines is 1. The molecule has 0 radical (unpaired) electrons. The predicted octanol–water partition coefficient (Wildman–Crippen LogP) is 4.00. The molecule has 1 heterocycles. The lowest BCUT2D eigenvalue weighted by Gasteiger charge is -2.19. The van der Waals surface area contributed by atoms with Crippen LogP contribution in [0.15, 0.2) is 30.3 Å². The fourth-order valence-corrected chi connectivity index (χ4v) is 2.57. The van der Waals surface area contributed by atoms with Gasteiger partial charge < -0.3 is 10.1 Å². The average Bonchev–Trinajstić information content (AvgIpc) is 2.46. The largest absolute Gasteiger partial charge is 0.497 e. The van der Waals surface area contributed by atoms with Gasteiger partial charge in [-0.15, -0.1) is 0 Å². The lowest BCUT2D eigenvalue weighted by Crippen LogP contribution is -2.11. The Kier molecular flexibility index (Phi) is 3.30. The molecule has 0 fully saturated rings. The maximum Gasteiger partial charge on any atom is 0.137 e. The van der Waals surface area contributed by atoms with Crippen LogP contribution in [0.5, 0.6) is 5.75 Å². The third-order valence-electron chi connectivity index (χ3n) is 3.58. The van der Waals surface area contributed by atoms with Gasteiger partial charge in [0.05, 0.1) is 12.7 Å². The Bertz CT molecular complexity index is 632. The smallest absolute Gasteiger partial charge is 0.137 e. The molecule has 0 aliphatic carbocycles. The summed E-state index contributed by atoms with van der Waals surface area (Å²) in [5.41, 5.74) is 2.71. The summed E-state index contributed by atoms with van der Waals surface area (Å²) in [6, 6.07) is 7.89. The molecule has 0 aromatic heterocycles. The zero-order valence-corrected chi connectivity index (χ0v) is 11.2. The van der Waals surface area contributed by atoms with Crippen molar-refractivity contribution in [1.82, 2.24) is 0 Å². The zero-order valence-electron chi connectivity index (χ0n) is 11.2. The van der Waals surface area contributed by atoms with E-state index in [-0.39, 0.29) is 11.3 Å². The van der Waals surface area contributed by atoms with E-state index in [1.165, 1.54) is 19.2 Å². The van der Waals surface area contributed by atoms with Crippen LogP contribution in [0.1, 0.15) is 12.0 Å². The summed E-state index contributed by atoms with van der Waals surface area (Å²) in [5, 5.41) is 3.28. The van der Waals surface area contributed by atoms with Crippen molar-refractivity contribution in [2.45, 2.75) is 12.8 Å². The Balaban J connectivity index is 2.09. The summed E-state index contributed by atoms with van der Waals surface area (Å²) < 4.78 is 33.0. The summed E-state index contributed by atoms with van der Waals surface area (Å²) in [6.07, 6.45) is 1.96. The van der Waals surface area contributed by atoms with Gasteiger partial charge in [0, 0.05) is 24.4 Å². The first-order chi connectivity index (χ1) is 9.69. The Hall–Kier alpha value is -2.10. The number of methoxy groups -OCH3 is 1. The summed E-state index contributed by atoms with van der Waals surface area (Å²) in [6.45, 7) is 0.942. The number of fused-ring (bicyclic) bond motifs is 1. The van der Waals surface area contributed by atoms with Gasteiger partial charge in [0.1, 0.15) is 17.4 Å². The fourth-order valence-electron chi connectivity index (χ4n) is 2.57. The van der Waals surface area contributed by atoms with E-state index < -0.39 is 11.6 Å². The number of aryl methyl sites for hydroxylation is 1. The molecular weight excluding hydrogens is 260 g/mol. The highest BCUT2D eigenvalue weighted by Gasteiger charge is 2.16. The van der Waals surface area contributed by atoms with Gasteiger partial charge in [0.25, 0.3) is 0 Å². The molecule has 0 saturated heterocycles. The van der Waals surface area contributed by atoms with Crippen LogP contribution in [-0.4, -0.2) is 13.7 Å². The topological polar surface area (TPSA) is 21.3 Å². The molecule has 1 N–H and O–H groups in total. The molecule has 1 aliphatic heterocycles. The highest BCUT2D eigenvalue weighted by Crippen LogP contribution is 2.33. The van der Waals surface area contributed by atoms with Crippen molar-refractivity contribution in [3.8, 4) is 16.9 Å². The Labute approximate surface area is 116 Å². The second kappa shape index (κ2) is 5.12. The van der Waals surface area contributed by atoms with Crippen LogP contribution in [0.4, 0.5) is 14.5 Å². The minimum atomic E-state index is -0.606. The number of halogens is 2. The van der Waals surface area contributed by atoms with E-state index in [4.69, 9.17) is 4.74 Å². The van der Waals surface area contributed by atoms with Crippen LogP contribution in [0.2, 0.25) is 0 Å². The van der Waals surface area contributed by atoms with Crippen molar-refractivity contribution in [2.75, 3.05) is 19.0 Å². The van der Waals surface area contributed by atoms with Gasteiger partial charge in [-0.25, -0.2) is 8.78 Å². The fraction of sp³-hybridized carbons (Fsp3) is 0.250. The summed E-state index contributed by atoms with van der Waals surface area (Å²) in [7, 11) is 1.39. The highest BCUT2D eigenvalue weighted by molar-refractivity contribution is 5.70. The Morgan fingerprint density at radius 3 is 2.55 bits per heavy atom. The van der Waals surface area contributed by atoms with E-state index in [9.17, 15) is 8.78 Å². The maximum absolute atomic E-state index is 14.1. The third-order valence-corrected chi connectivity index (χ3v) is 3.58. The first-order valence-electron chi connectivity index (χ1n) is 6.59. The molecule has 20 heavy (non-hydrogen) atoms. The number of hydrogen-bond acceptors (Lipinski definition) is 2.